The molecular weight excluding hydrogens is 252 g/mol. The first kappa shape index (κ1) is 14.8. The number of hydrogen-bond acceptors (Lipinski definition) is 3. The summed E-state index contributed by atoms with van der Waals surface area (Å²) in [6.07, 6.45) is 2.59. The molecule has 1 fully saturated rings. The molecule has 0 bridgehead atoms. The van der Waals surface area contributed by atoms with Crippen LogP contribution in [0, 0.1) is 5.92 Å². The van der Waals surface area contributed by atoms with Crippen molar-refractivity contribution in [3.63, 3.8) is 0 Å². The highest BCUT2D eigenvalue weighted by atomic mass is 16.6. The number of rotatable bonds is 5. The Morgan fingerprint density at radius 1 is 1.20 bits per heavy atom. The van der Waals surface area contributed by atoms with Gasteiger partial charge in [0.05, 0.1) is 0 Å². The molecule has 1 atom stereocenters. The first-order valence-corrected chi connectivity index (χ1v) is 7.27. The molecule has 1 saturated heterocycles. The topological polar surface area (TPSA) is 43.4 Å². The summed E-state index contributed by atoms with van der Waals surface area (Å²) >= 11 is 0. The van der Waals surface area contributed by atoms with E-state index in [-0.39, 0.29) is 18.2 Å². The number of cyclic esters (lactones) is 1. The monoisotopic (exact) mass is 274 g/mol. The minimum absolute atomic E-state index is 0.00922. The molecule has 20 heavy (non-hydrogen) atoms. The Bertz CT molecular complexity index is 460. The van der Waals surface area contributed by atoms with Crippen molar-refractivity contribution in [2.24, 2.45) is 5.92 Å². The van der Waals surface area contributed by atoms with Crippen LogP contribution in [-0.2, 0) is 20.7 Å². The number of ketones is 1. The Morgan fingerprint density at radius 3 is 2.50 bits per heavy atom. The van der Waals surface area contributed by atoms with Crippen LogP contribution in [-0.4, -0.2) is 17.4 Å². The van der Waals surface area contributed by atoms with E-state index in [0.717, 1.165) is 12.8 Å². The van der Waals surface area contributed by atoms with Crippen molar-refractivity contribution in [2.75, 3.05) is 0 Å². The summed E-state index contributed by atoms with van der Waals surface area (Å²) in [4.78, 5) is 23.4. The fourth-order valence-electron chi connectivity index (χ4n) is 3.01. The lowest BCUT2D eigenvalue weighted by Gasteiger charge is -2.37. The van der Waals surface area contributed by atoms with Crippen molar-refractivity contribution in [1.29, 1.82) is 0 Å². The minimum Gasteiger partial charge on any atom is -0.458 e. The van der Waals surface area contributed by atoms with Crippen LogP contribution in [0.25, 0.3) is 0 Å². The fourth-order valence-corrected chi connectivity index (χ4v) is 3.01. The molecule has 1 aliphatic heterocycles. The largest absolute Gasteiger partial charge is 0.458 e. The van der Waals surface area contributed by atoms with E-state index in [4.69, 9.17) is 4.74 Å². The van der Waals surface area contributed by atoms with Crippen molar-refractivity contribution in [3.8, 4) is 0 Å². The van der Waals surface area contributed by atoms with Crippen molar-refractivity contribution in [1.82, 2.24) is 0 Å². The third-order valence-electron chi connectivity index (χ3n) is 3.68. The minimum atomic E-state index is -0.601. The summed E-state index contributed by atoms with van der Waals surface area (Å²) in [5, 5.41) is 0. The van der Waals surface area contributed by atoms with Gasteiger partial charge in [-0.3, -0.25) is 9.59 Å². The zero-order valence-corrected chi connectivity index (χ0v) is 12.2. The molecule has 2 rings (SSSR count). The summed E-state index contributed by atoms with van der Waals surface area (Å²) < 4.78 is 5.62. The van der Waals surface area contributed by atoms with Crippen LogP contribution in [0.1, 0.15) is 45.1 Å². The quantitative estimate of drug-likeness (QED) is 0.611. The number of hydrogen-bond donors (Lipinski definition) is 0. The van der Waals surface area contributed by atoms with Crippen LogP contribution < -0.4 is 0 Å². The van der Waals surface area contributed by atoms with E-state index in [1.54, 1.807) is 0 Å². The van der Waals surface area contributed by atoms with E-state index >= 15 is 0 Å². The molecule has 1 aliphatic rings. The maximum atomic E-state index is 11.8. The molecule has 3 nitrogen and oxygen atoms in total. The maximum Gasteiger partial charge on any atom is 0.313 e. The first-order valence-electron chi connectivity index (χ1n) is 7.27. The number of ether oxygens (including phenoxy) is 1. The van der Waals surface area contributed by atoms with Gasteiger partial charge in [0.25, 0.3) is 0 Å². The summed E-state index contributed by atoms with van der Waals surface area (Å²) in [6, 6.07) is 10.1. The summed E-state index contributed by atoms with van der Waals surface area (Å²) in [7, 11) is 0. The third kappa shape index (κ3) is 3.92. The number of aryl methyl sites for hydroxylation is 1. The normalized spacial score (nSPS) is 22.9. The van der Waals surface area contributed by atoms with Gasteiger partial charge in [-0.05, 0) is 30.7 Å². The molecule has 1 aromatic rings. The van der Waals surface area contributed by atoms with E-state index in [0.29, 0.717) is 18.8 Å². The van der Waals surface area contributed by atoms with Gasteiger partial charge in [-0.25, -0.2) is 0 Å². The van der Waals surface area contributed by atoms with E-state index < -0.39 is 5.60 Å². The van der Waals surface area contributed by atoms with Gasteiger partial charge in [0, 0.05) is 6.42 Å². The van der Waals surface area contributed by atoms with Gasteiger partial charge in [-0.2, -0.15) is 0 Å². The Labute approximate surface area is 120 Å². The summed E-state index contributed by atoms with van der Waals surface area (Å²) in [6.45, 7) is 4.19. The second kappa shape index (κ2) is 6.21. The number of benzene rings is 1. The van der Waals surface area contributed by atoms with E-state index in [1.807, 2.05) is 18.2 Å². The van der Waals surface area contributed by atoms with Crippen molar-refractivity contribution in [2.45, 2.75) is 51.6 Å². The Balaban J connectivity index is 2.10. The number of carbonyl (C=O) groups is 2. The molecule has 0 radical (unpaired) electrons. The summed E-state index contributed by atoms with van der Waals surface area (Å²) in [5.41, 5.74) is 0.612. The SMILES string of the molecule is CC(C)CC1(CCc2ccccc2)CC(=O)CC(=O)O1. The van der Waals surface area contributed by atoms with Gasteiger partial charge < -0.3 is 4.74 Å². The molecule has 108 valence electrons. The molecule has 0 saturated carbocycles. The van der Waals surface area contributed by atoms with Crippen molar-refractivity contribution < 1.29 is 14.3 Å². The van der Waals surface area contributed by atoms with Crippen molar-refractivity contribution >= 4 is 11.8 Å². The van der Waals surface area contributed by atoms with Crippen LogP contribution in [0.3, 0.4) is 0 Å². The van der Waals surface area contributed by atoms with E-state index in [2.05, 4.69) is 26.0 Å². The van der Waals surface area contributed by atoms with E-state index in [1.165, 1.54) is 5.56 Å². The Kier molecular flexibility index (Phi) is 4.58. The lowest BCUT2D eigenvalue weighted by molar-refractivity contribution is -0.173. The predicted octanol–water partition coefficient (Wildman–Crippen LogP) is 3.31. The number of carbonyl (C=O) groups excluding carboxylic acids is 2. The Hall–Kier alpha value is -1.64. The van der Waals surface area contributed by atoms with Crippen LogP contribution in [0.2, 0.25) is 0 Å². The maximum absolute atomic E-state index is 11.8. The zero-order valence-electron chi connectivity index (χ0n) is 12.2. The number of esters is 1. The smallest absolute Gasteiger partial charge is 0.313 e. The van der Waals surface area contributed by atoms with Crippen LogP contribution in [0.15, 0.2) is 30.3 Å². The molecule has 0 aromatic heterocycles. The molecule has 0 amide bonds. The van der Waals surface area contributed by atoms with Crippen LogP contribution in [0.5, 0.6) is 0 Å². The second-order valence-electron chi connectivity index (χ2n) is 6.13. The molecule has 1 aromatic carbocycles. The van der Waals surface area contributed by atoms with Gasteiger partial charge in [0.2, 0.25) is 0 Å². The van der Waals surface area contributed by atoms with Crippen LogP contribution >= 0.6 is 0 Å². The summed E-state index contributed by atoms with van der Waals surface area (Å²) in [5.74, 6) is 0.0365. The molecule has 0 spiro atoms. The van der Waals surface area contributed by atoms with Gasteiger partial charge in [-0.1, -0.05) is 44.2 Å². The highest BCUT2D eigenvalue weighted by Crippen LogP contribution is 2.34. The third-order valence-corrected chi connectivity index (χ3v) is 3.68. The molecule has 1 unspecified atom stereocenters. The molecule has 1 heterocycles. The molecular formula is C17H22O3. The molecule has 3 heteroatoms. The fraction of sp³-hybridized carbons (Fsp3) is 0.529. The van der Waals surface area contributed by atoms with Gasteiger partial charge in [0.1, 0.15) is 17.8 Å². The van der Waals surface area contributed by atoms with Gasteiger partial charge in [0.15, 0.2) is 0 Å². The average molecular weight is 274 g/mol. The predicted molar refractivity (Wildman–Crippen MR) is 77.3 cm³/mol. The number of Topliss-reactive ketones (excluding diaryl/α,β-unsaturated/α-hetero) is 1. The highest BCUT2D eigenvalue weighted by molar-refractivity contribution is 5.98. The average Bonchev–Trinajstić information content (AvgIpc) is 2.35. The Morgan fingerprint density at radius 2 is 1.90 bits per heavy atom. The lowest BCUT2D eigenvalue weighted by atomic mass is 9.81. The highest BCUT2D eigenvalue weighted by Gasteiger charge is 2.41. The molecule has 0 N–H and O–H groups in total. The van der Waals surface area contributed by atoms with Crippen molar-refractivity contribution in [3.05, 3.63) is 35.9 Å². The lowest BCUT2D eigenvalue weighted by Crippen LogP contribution is -2.44. The van der Waals surface area contributed by atoms with Gasteiger partial charge in [-0.15, -0.1) is 0 Å². The van der Waals surface area contributed by atoms with Gasteiger partial charge >= 0.3 is 5.97 Å². The first-order chi connectivity index (χ1) is 9.49. The van der Waals surface area contributed by atoms with E-state index in [9.17, 15) is 9.59 Å². The standard InChI is InChI=1S/C17H22O3/c1-13(2)11-17(12-15(18)10-16(19)20-17)9-8-14-6-4-3-5-7-14/h3-7,13H,8-12H2,1-2H3. The molecule has 0 aliphatic carbocycles. The zero-order chi connectivity index (χ0) is 14.6. The second-order valence-corrected chi connectivity index (χ2v) is 6.13. The van der Waals surface area contributed by atoms with Crippen LogP contribution in [0.4, 0.5) is 0 Å².